The van der Waals surface area contributed by atoms with E-state index in [1.54, 1.807) is 0 Å². The Bertz CT molecular complexity index is 273. The van der Waals surface area contributed by atoms with Crippen molar-refractivity contribution in [1.29, 1.82) is 0 Å². The Labute approximate surface area is 86.9 Å². The third-order valence-electron chi connectivity index (χ3n) is 3.58. The van der Waals surface area contributed by atoms with Gasteiger partial charge >= 0.3 is 0 Å². The van der Waals surface area contributed by atoms with Crippen molar-refractivity contribution in [3.05, 3.63) is 30.3 Å². The number of nitrogens with zero attached hydrogens (tertiary/aromatic N) is 1. The molecule has 0 amide bonds. The molecule has 0 N–H and O–H groups in total. The summed E-state index contributed by atoms with van der Waals surface area (Å²) in [6.45, 7) is 6.23. The Balaban J connectivity index is 2.27. The average Bonchev–Trinajstić information content (AvgIpc) is 2.31. The van der Waals surface area contributed by atoms with Crippen LogP contribution >= 0.6 is 0 Å². The molecule has 76 valence electrons. The molecule has 14 heavy (non-hydrogen) atoms. The summed E-state index contributed by atoms with van der Waals surface area (Å²) in [5, 5.41) is 0. The van der Waals surface area contributed by atoms with Crippen molar-refractivity contribution in [3.8, 4) is 0 Å². The smallest absolute Gasteiger partial charge is 0.132 e. The van der Waals surface area contributed by atoms with Gasteiger partial charge in [0.2, 0.25) is 0 Å². The minimum atomic E-state index is 1.21. The van der Waals surface area contributed by atoms with Crippen molar-refractivity contribution in [3.63, 3.8) is 0 Å². The maximum Gasteiger partial charge on any atom is 0.132 e. The van der Waals surface area contributed by atoms with Crippen LogP contribution in [0.3, 0.4) is 0 Å². The van der Waals surface area contributed by atoms with Gasteiger partial charge in [-0.05, 0) is 38.3 Å². The summed E-state index contributed by atoms with van der Waals surface area (Å²) >= 11 is 0. The van der Waals surface area contributed by atoms with E-state index in [2.05, 4.69) is 37.3 Å². The molecule has 1 aliphatic heterocycles. The summed E-state index contributed by atoms with van der Waals surface area (Å²) in [4.78, 5) is 0. The Morgan fingerprint density at radius 3 is 2.21 bits per heavy atom. The largest absolute Gasteiger partial charge is 0.291 e. The van der Waals surface area contributed by atoms with Crippen LogP contribution in [0.2, 0.25) is 0 Å². The summed E-state index contributed by atoms with van der Waals surface area (Å²) in [7, 11) is 0. The Morgan fingerprint density at radius 1 is 1.00 bits per heavy atom. The summed E-state index contributed by atoms with van der Waals surface area (Å²) in [6.07, 6.45) is 4.21. The van der Waals surface area contributed by atoms with Crippen molar-refractivity contribution in [1.82, 2.24) is 4.48 Å². The van der Waals surface area contributed by atoms with E-state index in [1.807, 2.05) is 0 Å². The van der Waals surface area contributed by atoms with Crippen molar-refractivity contribution >= 4 is 5.69 Å². The van der Waals surface area contributed by atoms with Crippen molar-refractivity contribution < 1.29 is 0 Å². The second-order valence-corrected chi connectivity index (χ2v) is 4.30. The minimum Gasteiger partial charge on any atom is -0.291 e. The standard InChI is InChI=1S/C13H20N/c1-2-14(11-7-4-8-12-14)13-9-5-3-6-10-13/h3,5-6,9-10H,2,4,7-8,11-12H2,1H3/q+1. The van der Waals surface area contributed by atoms with Gasteiger partial charge in [0.25, 0.3) is 0 Å². The molecule has 1 saturated heterocycles. The van der Waals surface area contributed by atoms with E-state index in [0.29, 0.717) is 0 Å². The number of likely N-dealkylation sites (tertiary alicyclic amines) is 1. The molecule has 0 spiro atoms. The lowest BCUT2D eigenvalue weighted by Gasteiger charge is -2.40. The topological polar surface area (TPSA) is 0 Å². The van der Waals surface area contributed by atoms with Crippen molar-refractivity contribution in [2.24, 2.45) is 0 Å². The molecule has 1 aromatic carbocycles. The number of piperidine rings is 1. The molecule has 1 nitrogen and oxygen atoms in total. The third-order valence-corrected chi connectivity index (χ3v) is 3.58. The summed E-state index contributed by atoms with van der Waals surface area (Å²) in [6, 6.07) is 11.0. The van der Waals surface area contributed by atoms with E-state index in [0.717, 1.165) is 0 Å². The molecule has 1 aromatic rings. The predicted octanol–water partition coefficient (Wildman–Crippen LogP) is 3.20. The molecule has 2 rings (SSSR count). The Hall–Kier alpha value is -0.820. The van der Waals surface area contributed by atoms with Gasteiger partial charge in [0.1, 0.15) is 5.69 Å². The van der Waals surface area contributed by atoms with Crippen LogP contribution < -0.4 is 4.48 Å². The highest BCUT2D eigenvalue weighted by molar-refractivity contribution is 5.42. The lowest BCUT2D eigenvalue weighted by atomic mass is 10.1. The first-order valence-electron chi connectivity index (χ1n) is 5.79. The van der Waals surface area contributed by atoms with E-state index < -0.39 is 0 Å². The molecule has 1 heterocycles. The Morgan fingerprint density at radius 2 is 1.64 bits per heavy atom. The monoisotopic (exact) mass is 190 g/mol. The van der Waals surface area contributed by atoms with E-state index in [9.17, 15) is 0 Å². The maximum absolute atomic E-state index is 2.32. The molecule has 0 saturated carbocycles. The SMILES string of the molecule is CC[N+]1(c2ccccc2)CCCCC1. The van der Waals surface area contributed by atoms with Crippen LogP contribution in [0.15, 0.2) is 30.3 Å². The molecule has 1 aliphatic rings. The first-order valence-corrected chi connectivity index (χ1v) is 5.79. The lowest BCUT2D eigenvalue weighted by molar-refractivity contribution is 0.239. The second-order valence-electron chi connectivity index (χ2n) is 4.30. The van der Waals surface area contributed by atoms with Gasteiger partial charge in [0, 0.05) is 0 Å². The minimum absolute atomic E-state index is 1.21. The van der Waals surface area contributed by atoms with Crippen LogP contribution in [0.5, 0.6) is 0 Å². The fraction of sp³-hybridized carbons (Fsp3) is 0.538. The van der Waals surface area contributed by atoms with E-state index in [4.69, 9.17) is 0 Å². The van der Waals surface area contributed by atoms with Gasteiger partial charge in [-0.25, -0.2) is 0 Å². The quantitative estimate of drug-likeness (QED) is 0.628. The van der Waals surface area contributed by atoms with E-state index >= 15 is 0 Å². The molecule has 1 heteroatoms. The molecule has 0 radical (unpaired) electrons. The van der Waals surface area contributed by atoms with Crippen molar-refractivity contribution in [2.75, 3.05) is 19.6 Å². The third kappa shape index (κ3) is 1.69. The predicted molar refractivity (Wildman–Crippen MR) is 62.4 cm³/mol. The highest BCUT2D eigenvalue weighted by Gasteiger charge is 2.29. The van der Waals surface area contributed by atoms with Gasteiger partial charge in [-0.3, -0.25) is 4.48 Å². The maximum atomic E-state index is 2.32. The summed E-state index contributed by atoms with van der Waals surface area (Å²) in [5.41, 5.74) is 1.51. The first-order chi connectivity index (χ1) is 6.87. The van der Waals surface area contributed by atoms with Gasteiger partial charge in [-0.15, -0.1) is 0 Å². The molecule has 0 atom stereocenters. The number of hydrogen-bond donors (Lipinski definition) is 0. The van der Waals surface area contributed by atoms with Crippen LogP contribution in [-0.2, 0) is 0 Å². The lowest BCUT2D eigenvalue weighted by Crippen LogP contribution is -2.52. The highest BCUT2D eigenvalue weighted by atomic mass is 15.4. The number of para-hydroxylation sites is 1. The first kappa shape index (κ1) is 9.72. The molecule has 1 fully saturated rings. The second kappa shape index (κ2) is 4.14. The van der Waals surface area contributed by atoms with Gasteiger partial charge in [-0.2, -0.15) is 0 Å². The fourth-order valence-electron chi connectivity index (χ4n) is 2.62. The van der Waals surface area contributed by atoms with Crippen LogP contribution in [0.25, 0.3) is 0 Å². The molecular weight excluding hydrogens is 170 g/mol. The number of hydrogen-bond acceptors (Lipinski definition) is 0. The number of quaternary nitrogens is 1. The molecule has 0 bridgehead atoms. The molecular formula is C13H20N+. The molecule has 0 aromatic heterocycles. The zero-order chi connectivity index (χ0) is 9.86. The Kier molecular flexibility index (Phi) is 2.87. The zero-order valence-electron chi connectivity index (χ0n) is 9.08. The summed E-state index contributed by atoms with van der Waals surface area (Å²) in [5.74, 6) is 0. The zero-order valence-corrected chi connectivity index (χ0v) is 9.08. The summed E-state index contributed by atoms with van der Waals surface area (Å²) < 4.78 is 1.21. The van der Waals surface area contributed by atoms with E-state index in [1.165, 1.54) is 49.1 Å². The van der Waals surface area contributed by atoms with Gasteiger partial charge in [0.15, 0.2) is 0 Å². The number of benzene rings is 1. The van der Waals surface area contributed by atoms with Crippen LogP contribution in [0, 0.1) is 0 Å². The molecule has 0 aliphatic carbocycles. The highest BCUT2D eigenvalue weighted by Crippen LogP contribution is 2.27. The fourth-order valence-corrected chi connectivity index (χ4v) is 2.62. The van der Waals surface area contributed by atoms with Crippen LogP contribution in [0.4, 0.5) is 5.69 Å². The van der Waals surface area contributed by atoms with E-state index in [-0.39, 0.29) is 0 Å². The van der Waals surface area contributed by atoms with Gasteiger partial charge in [0.05, 0.1) is 19.6 Å². The van der Waals surface area contributed by atoms with Gasteiger partial charge < -0.3 is 0 Å². The molecule has 0 unspecified atom stereocenters. The normalized spacial score (nSPS) is 20.6. The van der Waals surface area contributed by atoms with Gasteiger partial charge in [-0.1, -0.05) is 18.2 Å². The van der Waals surface area contributed by atoms with Crippen LogP contribution in [-0.4, -0.2) is 19.6 Å². The van der Waals surface area contributed by atoms with Crippen LogP contribution in [0.1, 0.15) is 26.2 Å². The number of rotatable bonds is 2. The average molecular weight is 190 g/mol. The van der Waals surface area contributed by atoms with Crippen molar-refractivity contribution in [2.45, 2.75) is 26.2 Å².